The van der Waals surface area contributed by atoms with Crippen LogP contribution in [0, 0.1) is 0 Å². The number of hydrogen-bond acceptors (Lipinski definition) is 4. The monoisotopic (exact) mass is 334 g/mol. The lowest BCUT2D eigenvalue weighted by atomic mass is 10.2. The smallest absolute Gasteiger partial charge is 0.215 e. The van der Waals surface area contributed by atoms with Crippen LogP contribution in [0.2, 0.25) is 0 Å². The highest BCUT2D eigenvalue weighted by Gasteiger charge is 2.43. The van der Waals surface area contributed by atoms with E-state index in [1.807, 2.05) is 0 Å². The number of aliphatic hydroxyl groups excluding tert-OH is 1. The van der Waals surface area contributed by atoms with Gasteiger partial charge in [0.15, 0.2) is 0 Å². The highest BCUT2D eigenvalue weighted by molar-refractivity contribution is 14.1. The second-order valence-electron chi connectivity index (χ2n) is 3.43. The first kappa shape index (κ1) is 12.6. The van der Waals surface area contributed by atoms with Crippen LogP contribution < -0.4 is 5.14 Å². The van der Waals surface area contributed by atoms with Gasteiger partial charge in [0, 0.05) is 13.2 Å². The summed E-state index contributed by atoms with van der Waals surface area (Å²) in [4.78, 5) is 2.06. The molecule has 14 heavy (non-hydrogen) atoms. The molecule has 1 aliphatic rings. The summed E-state index contributed by atoms with van der Waals surface area (Å²) in [6.45, 7) is 1.55. The van der Waals surface area contributed by atoms with Gasteiger partial charge in [0.1, 0.15) is 5.25 Å². The molecule has 2 unspecified atom stereocenters. The third-order valence-electron chi connectivity index (χ3n) is 2.35. The average Bonchev–Trinajstić information content (AvgIpc) is 2.07. The highest BCUT2D eigenvalue weighted by Crippen LogP contribution is 2.28. The quantitative estimate of drug-likeness (QED) is 0.307. The Kier molecular flexibility index (Phi) is 4.56. The molecule has 1 heterocycles. The summed E-state index contributed by atoms with van der Waals surface area (Å²) in [5.74, 6) is 0. The molecule has 0 aliphatic carbocycles. The molecular weight excluding hydrogens is 319 g/mol. The lowest BCUT2D eigenvalue weighted by Gasteiger charge is -2.43. The van der Waals surface area contributed by atoms with Gasteiger partial charge in [-0.3, -0.25) is 4.90 Å². The maximum atomic E-state index is 11.0. The molecular formula is C7H15IN2O3S. The van der Waals surface area contributed by atoms with E-state index in [2.05, 4.69) is 27.5 Å². The molecule has 84 valence electrons. The largest absolute Gasteiger partial charge is 0.396 e. The Morgan fingerprint density at radius 1 is 1.50 bits per heavy atom. The van der Waals surface area contributed by atoms with E-state index in [1.54, 1.807) is 0 Å². The number of unbranched alkanes of at least 4 members (excludes halogenated alkanes) is 1. The number of hydrogen-bond donors (Lipinski definition) is 2. The van der Waals surface area contributed by atoms with Crippen LogP contribution in [0.4, 0.5) is 0 Å². The summed E-state index contributed by atoms with van der Waals surface area (Å²) in [6.07, 6.45) is 1.66. The Hall–Kier alpha value is 0.560. The Morgan fingerprint density at radius 3 is 2.57 bits per heavy atom. The predicted molar refractivity (Wildman–Crippen MR) is 62.6 cm³/mol. The fourth-order valence-corrected chi connectivity index (χ4v) is 4.26. The molecule has 0 aromatic rings. The Bertz CT molecular complexity index is 283. The lowest BCUT2D eigenvalue weighted by molar-refractivity contribution is 0.161. The van der Waals surface area contributed by atoms with Crippen molar-refractivity contribution in [2.24, 2.45) is 5.14 Å². The van der Waals surface area contributed by atoms with Gasteiger partial charge < -0.3 is 5.11 Å². The van der Waals surface area contributed by atoms with Crippen molar-refractivity contribution < 1.29 is 13.5 Å². The molecule has 1 rings (SSSR count). The zero-order chi connectivity index (χ0) is 10.8. The van der Waals surface area contributed by atoms with Gasteiger partial charge in [0.2, 0.25) is 10.0 Å². The molecule has 0 aromatic heterocycles. The van der Waals surface area contributed by atoms with Gasteiger partial charge in [-0.25, -0.2) is 13.6 Å². The van der Waals surface area contributed by atoms with E-state index in [4.69, 9.17) is 10.2 Å². The lowest BCUT2D eigenvalue weighted by Crippen LogP contribution is -2.61. The molecule has 0 saturated carbocycles. The number of aliphatic hydroxyl groups is 1. The van der Waals surface area contributed by atoms with Gasteiger partial charge in [0.05, 0.1) is 4.05 Å². The van der Waals surface area contributed by atoms with Crippen LogP contribution in [0.25, 0.3) is 0 Å². The van der Waals surface area contributed by atoms with E-state index in [-0.39, 0.29) is 10.7 Å². The number of nitrogens with zero attached hydrogens (tertiary/aromatic N) is 1. The molecule has 0 spiro atoms. The van der Waals surface area contributed by atoms with Gasteiger partial charge in [0.25, 0.3) is 0 Å². The molecule has 0 amide bonds. The summed E-state index contributed by atoms with van der Waals surface area (Å²) < 4.78 is 22.0. The van der Waals surface area contributed by atoms with Crippen LogP contribution in [-0.4, -0.2) is 47.4 Å². The molecule has 0 bridgehead atoms. The molecule has 1 aliphatic heterocycles. The summed E-state index contributed by atoms with van der Waals surface area (Å²) in [5, 5.41) is 13.2. The summed E-state index contributed by atoms with van der Waals surface area (Å²) >= 11 is 2.10. The van der Waals surface area contributed by atoms with Crippen LogP contribution in [0.15, 0.2) is 0 Å². The number of halogens is 1. The van der Waals surface area contributed by atoms with Crippen LogP contribution in [0.3, 0.4) is 0 Å². The maximum Gasteiger partial charge on any atom is 0.215 e. The minimum absolute atomic E-state index is 0.0127. The molecule has 0 radical (unpaired) electrons. The number of sulfonamides is 1. The van der Waals surface area contributed by atoms with Crippen molar-refractivity contribution in [1.29, 1.82) is 0 Å². The topological polar surface area (TPSA) is 83.6 Å². The number of alkyl halides is 1. The molecule has 1 fully saturated rings. The fraction of sp³-hybridized carbons (Fsp3) is 1.00. The van der Waals surface area contributed by atoms with Crippen molar-refractivity contribution in [3.63, 3.8) is 0 Å². The zero-order valence-corrected chi connectivity index (χ0v) is 10.7. The van der Waals surface area contributed by atoms with Gasteiger partial charge in [-0.2, -0.15) is 0 Å². The molecule has 7 heteroatoms. The average molecular weight is 334 g/mol. The van der Waals surface area contributed by atoms with E-state index in [0.29, 0.717) is 6.54 Å². The highest BCUT2D eigenvalue weighted by atomic mass is 127. The van der Waals surface area contributed by atoms with E-state index in [9.17, 15) is 8.42 Å². The van der Waals surface area contributed by atoms with Gasteiger partial charge in [-0.1, -0.05) is 22.6 Å². The Balaban J connectivity index is 2.30. The van der Waals surface area contributed by atoms with E-state index in [1.165, 1.54) is 0 Å². The molecule has 2 atom stereocenters. The first-order valence-corrected chi connectivity index (χ1v) is 7.33. The van der Waals surface area contributed by atoms with Crippen LogP contribution in [-0.2, 0) is 10.0 Å². The first-order valence-electron chi connectivity index (χ1n) is 4.47. The molecule has 0 aromatic carbocycles. The van der Waals surface area contributed by atoms with Gasteiger partial charge >= 0.3 is 0 Å². The maximum absolute atomic E-state index is 11.0. The van der Waals surface area contributed by atoms with E-state index < -0.39 is 15.3 Å². The van der Waals surface area contributed by atoms with Gasteiger partial charge in [-0.05, 0) is 19.4 Å². The molecule has 3 N–H and O–H groups in total. The summed E-state index contributed by atoms with van der Waals surface area (Å²) in [7, 11) is -3.38. The van der Waals surface area contributed by atoms with Crippen LogP contribution >= 0.6 is 22.6 Å². The van der Waals surface area contributed by atoms with Crippen LogP contribution in [0.5, 0.6) is 0 Å². The van der Waals surface area contributed by atoms with Crippen molar-refractivity contribution >= 4 is 32.6 Å². The summed E-state index contributed by atoms with van der Waals surface area (Å²) in [5.41, 5.74) is 0. The van der Waals surface area contributed by atoms with Crippen molar-refractivity contribution in [1.82, 2.24) is 4.90 Å². The number of likely N-dealkylation sites (tertiary alicyclic amines) is 1. The van der Waals surface area contributed by atoms with Crippen molar-refractivity contribution in [3.8, 4) is 0 Å². The Morgan fingerprint density at radius 2 is 2.14 bits per heavy atom. The van der Waals surface area contributed by atoms with E-state index >= 15 is 0 Å². The zero-order valence-electron chi connectivity index (χ0n) is 7.76. The predicted octanol–water partition coefficient (Wildman–Crippen LogP) is -0.507. The third-order valence-corrected chi connectivity index (χ3v) is 5.74. The van der Waals surface area contributed by atoms with E-state index in [0.717, 1.165) is 19.4 Å². The van der Waals surface area contributed by atoms with Gasteiger partial charge in [-0.15, -0.1) is 0 Å². The molecule has 5 nitrogen and oxygen atoms in total. The minimum Gasteiger partial charge on any atom is -0.396 e. The fourth-order valence-electron chi connectivity index (χ4n) is 1.42. The SMILES string of the molecule is NS(=O)(=O)C1CN(CCCCO)C1I. The van der Waals surface area contributed by atoms with Crippen molar-refractivity contribution in [2.45, 2.75) is 22.1 Å². The van der Waals surface area contributed by atoms with Crippen molar-refractivity contribution in [3.05, 3.63) is 0 Å². The Labute approximate surface area is 97.8 Å². The first-order chi connectivity index (χ1) is 6.46. The normalized spacial score (nSPS) is 28.8. The third kappa shape index (κ3) is 3.02. The molecule has 1 saturated heterocycles. The standard InChI is InChI=1S/C7H15IN2O3S/c8-7-6(14(9,12)13)5-10(7)3-1-2-4-11/h6-7,11H,1-5H2,(H2,9,12,13). The summed E-state index contributed by atoms with van der Waals surface area (Å²) in [6, 6.07) is 0. The second kappa shape index (κ2) is 5.06. The van der Waals surface area contributed by atoms with Crippen LogP contribution in [0.1, 0.15) is 12.8 Å². The minimum atomic E-state index is -3.38. The number of primary sulfonamides is 1. The number of rotatable bonds is 5. The second-order valence-corrected chi connectivity index (χ2v) is 6.49. The number of nitrogens with two attached hydrogens (primary N) is 1. The van der Waals surface area contributed by atoms with Crippen molar-refractivity contribution in [2.75, 3.05) is 19.7 Å².